The van der Waals surface area contributed by atoms with Gasteiger partial charge in [-0.05, 0) is 37.5 Å². The maximum absolute atomic E-state index is 12.5. The van der Waals surface area contributed by atoms with Crippen molar-refractivity contribution >= 4 is 5.91 Å². The Morgan fingerprint density at radius 1 is 1.17 bits per heavy atom. The number of aromatic amines is 1. The van der Waals surface area contributed by atoms with Crippen LogP contribution in [-0.4, -0.2) is 35.0 Å². The van der Waals surface area contributed by atoms with E-state index in [-0.39, 0.29) is 23.1 Å². The van der Waals surface area contributed by atoms with Crippen molar-refractivity contribution in [3.8, 4) is 0 Å². The second kappa shape index (κ2) is 7.45. The molecule has 1 aromatic carbocycles. The van der Waals surface area contributed by atoms with E-state index in [0.717, 1.165) is 24.1 Å². The Morgan fingerprint density at radius 2 is 1.88 bits per heavy atom. The van der Waals surface area contributed by atoms with Crippen LogP contribution in [0.3, 0.4) is 0 Å². The minimum absolute atomic E-state index is 0.158. The molecule has 0 saturated carbocycles. The average molecular weight is 326 g/mol. The van der Waals surface area contributed by atoms with E-state index in [4.69, 9.17) is 4.74 Å². The van der Waals surface area contributed by atoms with E-state index in [0.29, 0.717) is 19.7 Å². The van der Waals surface area contributed by atoms with Crippen LogP contribution >= 0.6 is 0 Å². The van der Waals surface area contributed by atoms with E-state index < -0.39 is 0 Å². The zero-order chi connectivity index (χ0) is 16.9. The topological polar surface area (TPSA) is 62.4 Å². The highest BCUT2D eigenvalue weighted by Gasteiger charge is 2.25. The first kappa shape index (κ1) is 16.5. The predicted octanol–water partition coefficient (Wildman–Crippen LogP) is 2.50. The van der Waals surface area contributed by atoms with Crippen LogP contribution in [0, 0.1) is 6.92 Å². The summed E-state index contributed by atoms with van der Waals surface area (Å²) < 4.78 is 5.94. The largest absolute Gasteiger partial charge is 0.373 e. The smallest absolute Gasteiger partial charge is 0.260 e. The number of ether oxygens (including phenoxy) is 1. The lowest BCUT2D eigenvalue weighted by molar-refractivity contribution is -0.000417. The molecule has 5 heteroatoms. The molecule has 0 radical (unpaired) electrons. The van der Waals surface area contributed by atoms with Gasteiger partial charge in [0.1, 0.15) is 5.56 Å². The number of amides is 1. The molecule has 1 amide bonds. The first-order chi connectivity index (χ1) is 11.6. The fourth-order valence-corrected chi connectivity index (χ4v) is 2.92. The van der Waals surface area contributed by atoms with Gasteiger partial charge in [-0.25, -0.2) is 0 Å². The van der Waals surface area contributed by atoms with Gasteiger partial charge in [0.25, 0.3) is 11.5 Å². The molecule has 0 unspecified atom stereocenters. The van der Waals surface area contributed by atoms with Gasteiger partial charge in [-0.1, -0.05) is 30.3 Å². The standard InChI is InChI=1S/C19H22N2O3/c1-14-7-8-17(18(22)20-14)19(23)21-11-9-16(10-12-21)24-13-15-5-3-2-4-6-15/h2-8,16H,9-13H2,1H3,(H,20,22). The normalized spacial score (nSPS) is 15.5. The summed E-state index contributed by atoms with van der Waals surface area (Å²) in [6.07, 6.45) is 1.75. The number of pyridine rings is 1. The average Bonchev–Trinajstić information content (AvgIpc) is 2.61. The van der Waals surface area contributed by atoms with Crippen LogP contribution in [-0.2, 0) is 11.3 Å². The third kappa shape index (κ3) is 3.92. The number of nitrogens with zero attached hydrogens (tertiary/aromatic N) is 1. The zero-order valence-corrected chi connectivity index (χ0v) is 13.8. The van der Waals surface area contributed by atoms with Crippen molar-refractivity contribution in [3.63, 3.8) is 0 Å². The van der Waals surface area contributed by atoms with Crippen molar-refractivity contribution in [2.24, 2.45) is 0 Å². The fraction of sp³-hybridized carbons (Fsp3) is 0.368. The Hall–Kier alpha value is -2.40. The van der Waals surface area contributed by atoms with Gasteiger partial charge >= 0.3 is 0 Å². The summed E-state index contributed by atoms with van der Waals surface area (Å²) in [5.74, 6) is -0.197. The number of carbonyl (C=O) groups is 1. The molecule has 0 atom stereocenters. The third-order valence-electron chi connectivity index (χ3n) is 4.34. The molecule has 1 aliphatic heterocycles. The molecule has 3 rings (SSSR count). The van der Waals surface area contributed by atoms with Gasteiger partial charge in [-0.3, -0.25) is 9.59 Å². The van der Waals surface area contributed by atoms with Crippen LogP contribution in [0.25, 0.3) is 0 Å². The van der Waals surface area contributed by atoms with E-state index in [9.17, 15) is 9.59 Å². The van der Waals surface area contributed by atoms with E-state index in [2.05, 4.69) is 4.98 Å². The Balaban J connectivity index is 1.53. The van der Waals surface area contributed by atoms with Crippen LogP contribution in [0.5, 0.6) is 0 Å². The number of nitrogens with one attached hydrogen (secondary N) is 1. The lowest BCUT2D eigenvalue weighted by atomic mass is 10.1. The second-order valence-corrected chi connectivity index (χ2v) is 6.17. The molecular weight excluding hydrogens is 304 g/mol. The van der Waals surface area contributed by atoms with E-state index >= 15 is 0 Å². The minimum atomic E-state index is -0.317. The Kier molecular flexibility index (Phi) is 5.11. The molecule has 24 heavy (non-hydrogen) atoms. The summed E-state index contributed by atoms with van der Waals surface area (Å²) in [7, 11) is 0. The first-order valence-corrected chi connectivity index (χ1v) is 8.28. The first-order valence-electron chi connectivity index (χ1n) is 8.28. The molecule has 1 N–H and O–H groups in total. The minimum Gasteiger partial charge on any atom is -0.373 e. The van der Waals surface area contributed by atoms with Gasteiger partial charge in [0.15, 0.2) is 0 Å². The van der Waals surface area contributed by atoms with E-state index in [1.165, 1.54) is 0 Å². The molecule has 2 heterocycles. The predicted molar refractivity (Wildman–Crippen MR) is 92.0 cm³/mol. The SMILES string of the molecule is Cc1ccc(C(=O)N2CCC(OCc3ccccc3)CC2)c(=O)[nH]1. The summed E-state index contributed by atoms with van der Waals surface area (Å²) in [6, 6.07) is 13.4. The molecule has 0 bridgehead atoms. The molecule has 1 aliphatic rings. The van der Waals surface area contributed by atoms with E-state index in [1.807, 2.05) is 30.3 Å². The lowest BCUT2D eigenvalue weighted by Crippen LogP contribution is -2.42. The van der Waals surface area contributed by atoms with Gasteiger partial charge < -0.3 is 14.6 Å². The number of carbonyl (C=O) groups excluding carboxylic acids is 1. The zero-order valence-electron chi connectivity index (χ0n) is 13.8. The Morgan fingerprint density at radius 3 is 2.54 bits per heavy atom. The molecule has 1 aromatic heterocycles. The van der Waals surface area contributed by atoms with Gasteiger partial charge in [0.2, 0.25) is 0 Å². The number of hydrogen-bond acceptors (Lipinski definition) is 3. The van der Waals surface area contributed by atoms with Crippen LogP contribution in [0.1, 0.15) is 34.5 Å². The Bertz CT molecular complexity index is 747. The molecule has 5 nitrogen and oxygen atoms in total. The van der Waals surface area contributed by atoms with Gasteiger partial charge in [0.05, 0.1) is 12.7 Å². The fourth-order valence-electron chi connectivity index (χ4n) is 2.92. The monoisotopic (exact) mass is 326 g/mol. The number of piperidine rings is 1. The van der Waals surface area contributed by atoms with Gasteiger partial charge in [-0.2, -0.15) is 0 Å². The molecule has 1 saturated heterocycles. The maximum atomic E-state index is 12.5. The van der Waals surface area contributed by atoms with Gasteiger partial charge in [-0.15, -0.1) is 0 Å². The number of benzene rings is 1. The highest BCUT2D eigenvalue weighted by molar-refractivity contribution is 5.93. The molecule has 2 aromatic rings. The summed E-state index contributed by atoms with van der Waals surface area (Å²) in [5.41, 5.74) is 1.80. The van der Waals surface area contributed by atoms with Crippen LogP contribution in [0.2, 0.25) is 0 Å². The molecule has 0 aliphatic carbocycles. The van der Waals surface area contributed by atoms with Crippen molar-refractivity contribution in [3.05, 3.63) is 69.6 Å². The van der Waals surface area contributed by atoms with Gasteiger partial charge in [0, 0.05) is 18.8 Å². The summed E-state index contributed by atoms with van der Waals surface area (Å²) in [5, 5.41) is 0. The van der Waals surface area contributed by atoms with E-state index in [1.54, 1.807) is 24.0 Å². The van der Waals surface area contributed by atoms with Crippen molar-refractivity contribution < 1.29 is 9.53 Å². The number of likely N-dealkylation sites (tertiary alicyclic amines) is 1. The molecular formula is C19H22N2O3. The maximum Gasteiger partial charge on any atom is 0.260 e. The third-order valence-corrected chi connectivity index (χ3v) is 4.34. The Labute approximate surface area is 141 Å². The molecule has 0 spiro atoms. The number of aryl methyl sites for hydroxylation is 1. The van der Waals surface area contributed by atoms with Crippen LogP contribution in [0.15, 0.2) is 47.3 Å². The van der Waals surface area contributed by atoms with Crippen molar-refractivity contribution in [1.82, 2.24) is 9.88 Å². The lowest BCUT2D eigenvalue weighted by Gasteiger charge is -2.31. The van der Waals surface area contributed by atoms with Crippen LogP contribution < -0.4 is 5.56 Å². The number of H-pyrrole nitrogens is 1. The number of rotatable bonds is 4. The highest BCUT2D eigenvalue weighted by atomic mass is 16.5. The quantitative estimate of drug-likeness (QED) is 0.939. The molecule has 126 valence electrons. The second-order valence-electron chi connectivity index (χ2n) is 6.17. The van der Waals surface area contributed by atoms with Crippen molar-refractivity contribution in [1.29, 1.82) is 0 Å². The summed E-state index contributed by atoms with van der Waals surface area (Å²) in [6.45, 7) is 3.62. The van der Waals surface area contributed by atoms with Crippen LogP contribution in [0.4, 0.5) is 0 Å². The van der Waals surface area contributed by atoms with Crippen molar-refractivity contribution in [2.45, 2.75) is 32.5 Å². The summed E-state index contributed by atoms with van der Waals surface area (Å²) in [4.78, 5) is 28.8. The number of aromatic nitrogens is 1. The van der Waals surface area contributed by atoms with Crippen molar-refractivity contribution in [2.75, 3.05) is 13.1 Å². The summed E-state index contributed by atoms with van der Waals surface area (Å²) >= 11 is 0. The molecule has 1 fully saturated rings. The highest BCUT2D eigenvalue weighted by Crippen LogP contribution is 2.17. The number of hydrogen-bond donors (Lipinski definition) is 1.